The number of hydrogen-bond donors (Lipinski definition) is 0. The fraction of sp³-hybridized carbons (Fsp3) is 0. The fourth-order valence-electron chi connectivity index (χ4n) is 0. The van der Waals surface area contributed by atoms with E-state index >= 15 is 0 Å². The Bertz CT molecular complexity index is 211. The molecule has 0 aromatic rings. The molecule has 0 fully saturated rings. The molecular formula is O6S4Th. The molecule has 6 nitrogen and oxygen atoms in total. The molecule has 0 saturated carbocycles. The summed E-state index contributed by atoms with van der Waals surface area (Å²) in [6.45, 7) is 0. The van der Waals surface area contributed by atoms with Gasteiger partial charge in [0, 0.05) is 0 Å². The third-order valence-electron chi connectivity index (χ3n) is 0. The van der Waals surface area contributed by atoms with E-state index in [0.717, 1.165) is 0 Å². The van der Waals surface area contributed by atoms with Crippen LogP contribution in [0.3, 0.4) is 0 Å². The molecule has 0 aliphatic carbocycles. The van der Waals surface area contributed by atoms with Gasteiger partial charge in [0.25, 0.3) is 0 Å². The maximum Gasteiger partial charge on any atom is 4.00 e. The SMILES string of the molecule is O=S([O-])([O-])=S.O=S([O-])([O-])=S.[Th+4]. The number of rotatable bonds is 0. The molecule has 11 heteroatoms. The Balaban J connectivity index is -0.000000107. The zero-order valence-corrected chi connectivity index (χ0v) is 12.0. The van der Waals surface area contributed by atoms with E-state index in [0.29, 0.717) is 0 Å². The normalized spacial score (nSPS) is 10.5. The second-order valence-corrected chi connectivity index (χ2v) is 4.90. The molecule has 11 heavy (non-hydrogen) atoms. The molecule has 0 atom stereocenters. The number of hydrogen-bond acceptors (Lipinski definition) is 8. The van der Waals surface area contributed by atoms with Crippen LogP contribution in [0.1, 0.15) is 0 Å². The molecule has 0 aromatic carbocycles. The first-order valence-corrected chi connectivity index (χ1v) is 6.00. The van der Waals surface area contributed by atoms with Crippen LogP contribution in [0.25, 0.3) is 0 Å². The quantitative estimate of drug-likeness (QED) is 0.409. The molecule has 0 heterocycles. The van der Waals surface area contributed by atoms with E-state index in [1.54, 1.807) is 0 Å². The molecule has 0 radical (unpaired) electrons. The van der Waals surface area contributed by atoms with E-state index in [1.165, 1.54) is 0 Å². The molecule has 0 amide bonds. The van der Waals surface area contributed by atoms with Crippen molar-refractivity contribution in [2.24, 2.45) is 0 Å². The molecule has 0 unspecified atom stereocenters. The van der Waals surface area contributed by atoms with E-state index in [-0.39, 0.29) is 39.9 Å². The van der Waals surface area contributed by atoms with E-state index in [4.69, 9.17) is 26.6 Å². The van der Waals surface area contributed by atoms with Gasteiger partial charge in [0.05, 0.1) is 0 Å². The van der Waals surface area contributed by atoms with Gasteiger partial charge < -0.3 is 18.2 Å². The average molecular weight is 456 g/mol. The second kappa shape index (κ2) is 7.32. The average Bonchev–Trinajstić information content (AvgIpc) is 1.12. The summed E-state index contributed by atoms with van der Waals surface area (Å²) in [6, 6.07) is 0. The van der Waals surface area contributed by atoms with Gasteiger partial charge in [0.2, 0.25) is 0 Å². The molecule has 0 aromatic heterocycles. The Kier molecular flexibility index (Phi) is 12.4. The van der Waals surface area contributed by atoms with E-state index in [2.05, 4.69) is 22.4 Å². The topological polar surface area (TPSA) is 126 Å². The summed E-state index contributed by atoms with van der Waals surface area (Å²) < 4.78 is 53.3. The van der Waals surface area contributed by atoms with Gasteiger partial charge in [-0.1, -0.05) is 0 Å². The van der Waals surface area contributed by atoms with Gasteiger partial charge in [-0.3, -0.25) is 8.42 Å². The third kappa shape index (κ3) is 322. The molecule has 64 valence electrons. The van der Waals surface area contributed by atoms with Gasteiger partial charge in [0.1, 0.15) is 0 Å². The van der Waals surface area contributed by atoms with E-state index in [9.17, 15) is 0 Å². The largest absolute Gasteiger partial charge is 4.00 e. The summed E-state index contributed by atoms with van der Waals surface area (Å²) in [7, 11) is -8.67. The van der Waals surface area contributed by atoms with E-state index in [1.807, 2.05) is 0 Å². The Hall–Kier alpha value is 1.90. The van der Waals surface area contributed by atoms with Crippen molar-refractivity contribution in [1.82, 2.24) is 0 Å². The zero-order chi connectivity index (χ0) is 9.00. The monoisotopic (exact) mass is 456 g/mol. The van der Waals surface area contributed by atoms with Crippen molar-refractivity contribution >= 4 is 40.5 Å². The minimum Gasteiger partial charge on any atom is -0.780 e. The summed E-state index contributed by atoms with van der Waals surface area (Å²) in [4.78, 5) is 0. The van der Waals surface area contributed by atoms with Gasteiger partial charge in [-0.2, -0.15) is 0 Å². The van der Waals surface area contributed by atoms with Crippen LogP contribution in [-0.2, 0) is 40.5 Å². The molecular weight excluding hydrogens is 456 g/mol. The first-order chi connectivity index (χ1) is 4.00. The van der Waals surface area contributed by atoms with Gasteiger partial charge in [-0.25, -0.2) is 0 Å². The van der Waals surface area contributed by atoms with Crippen LogP contribution in [0.15, 0.2) is 0 Å². The first kappa shape index (κ1) is 18.6. The van der Waals surface area contributed by atoms with Crippen molar-refractivity contribution in [3.05, 3.63) is 0 Å². The Labute approximate surface area is 105 Å². The summed E-state index contributed by atoms with van der Waals surface area (Å²) in [5.41, 5.74) is 0. The van der Waals surface area contributed by atoms with Gasteiger partial charge in [-0.15, -0.1) is 18.1 Å². The van der Waals surface area contributed by atoms with Gasteiger partial charge >= 0.3 is 39.9 Å². The van der Waals surface area contributed by atoms with Crippen LogP contribution in [0.4, 0.5) is 0 Å². The smallest absolute Gasteiger partial charge is 0.780 e. The third-order valence-corrected chi connectivity index (χ3v) is 0. The Morgan fingerprint density at radius 1 is 0.818 bits per heavy atom. The molecule has 0 rings (SSSR count). The fourth-order valence-corrected chi connectivity index (χ4v) is 0. The van der Waals surface area contributed by atoms with Crippen molar-refractivity contribution in [1.29, 1.82) is 0 Å². The van der Waals surface area contributed by atoms with E-state index < -0.39 is 18.1 Å². The predicted molar refractivity (Wildman–Crippen MR) is 34.1 cm³/mol. The maximum atomic E-state index is 8.89. The van der Waals surface area contributed by atoms with Crippen LogP contribution >= 0.6 is 0 Å². The summed E-state index contributed by atoms with van der Waals surface area (Å²) in [6.07, 6.45) is 0. The van der Waals surface area contributed by atoms with Crippen molar-refractivity contribution in [3.8, 4) is 0 Å². The van der Waals surface area contributed by atoms with Crippen molar-refractivity contribution in [3.63, 3.8) is 0 Å². The van der Waals surface area contributed by atoms with Crippen molar-refractivity contribution in [2.75, 3.05) is 0 Å². The van der Waals surface area contributed by atoms with Crippen LogP contribution < -0.4 is 0 Å². The molecule has 0 aliphatic heterocycles. The Morgan fingerprint density at radius 2 is 0.818 bits per heavy atom. The molecule has 0 bridgehead atoms. The molecule has 0 spiro atoms. The predicted octanol–water partition coefficient (Wildman–Crippen LogP) is -2.01. The standard InChI is InChI=1S/2H2O3S2.Th/c2*1-5(2,3)4;/h2*(H2,1,2,3,4);/q;;+4/p-4. The maximum absolute atomic E-state index is 8.89. The summed E-state index contributed by atoms with van der Waals surface area (Å²) >= 11 is 6.49. The first-order valence-electron chi connectivity index (χ1n) is 1.33. The molecule has 0 aliphatic rings. The minimum absolute atomic E-state index is 0. The van der Waals surface area contributed by atoms with Gasteiger partial charge in [-0.05, 0) is 22.4 Å². The molecule has 0 N–H and O–H groups in total. The van der Waals surface area contributed by atoms with Crippen molar-refractivity contribution < 1.29 is 66.6 Å². The van der Waals surface area contributed by atoms with Crippen LogP contribution in [0, 0.1) is 39.9 Å². The van der Waals surface area contributed by atoms with Crippen LogP contribution in [0.5, 0.6) is 0 Å². The molecule has 0 saturated heterocycles. The van der Waals surface area contributed by atoms with Gasteiger partial charge in [0.15, 0.2) is 0 Å². The second-order valence-electron chi connectivity index (χ2n) is 0.816. The zero-order valence-electron chi connectivity index (χ0n) is 4.58. The Morgan fingerprint density at radius 3 is 0.818 bits per heavy atom. The summed E-state index contributed by atoms with van der Waals surface area (Å²) in [5, 5.41) is 0. The van der Waals surface area contributed by atoms with Crippen LogP contribution in [0.2, 0.25) is 0 Å². The van der Waals surface area contributed by atoms with Crippen LogP contribution in [-0.4, -0.2) is 26.6 Å². The summed E-state index contributed by atoms with van der Waals surface area (Å²) in [5.74, 6) is 0. The van der Waals surface area contributed by atoms with Crippen molar-refractivity contribution in [2.45, 2.75) is 0 Å². The minimum atomic E-state index is -4.33.